The van der Waals surface area contributed by atoms with Crippen LogP contribution in [0.2, 0.25) is 0 Å². The van der Waals surface area contributed by atoms with Crippen molar-refractivity contribution in [1.29, 1.82) is 0 Å². The highest BCUT2D eigenvalue weighted by Gasteiger charge is 2.23. The van der Waals surface area contributed by atoms with Gasteiger partial charge in [0.25, 0.3) is 0 Å². The molecule has 2 aromatic carbocycles. The van der Waals surface area contributed by atoms with Crippen LogP contribution in [0.5, 0.6) is 11.5 Å². The summed E-state index contributed by atoms with van der Waals surface area (Å²) in [7, 11) is 0. The van der Waals surface area contributed by atoms with Crippen molar-refractivity contribution in [2.45, 2.75) is 26.2 Å². The third kappa shape index (κ3) is 1.42. The second-order valence-electron chi connectivity index (χ2n) is 5.06. The van der Waals surface area contributed by atoms with E-state index in [1.54, 1.807) is 0 Å². The summed E-state index contributed by atoms with van der Waals surface area (Å²) in [5, 5.41) is 22.3. The SMILES string of the molecule is Cc1ccc2c(O)c3c(c(O)c2c1)CC=CC3C. The maximum atomic E-state index is 10.4. The summed E-state index contributed by atoms with van der Waals surface area (Å²) in [5.41, 5.74) is 2.81. The molecule has 2 nitrogen and oxygen atoms in total. The maximum Gasteiger partial charge on any atom is 0.127 e. The van der Waals surface area contributed by atoms with Crippen molar-refractivity contribution in [3.8, 4) is 11.5 Å². The smallest absolute Gasteiger partial charge is 0.127 e. The van der Waals surface area contributed by atoms with Crippen LogP contribution >= 0.6 is 0 Å². The lowest BCUT2D eigenvalue weighted by molar-refractivity contribution is 0.456. The van der Waals surface area contributed by atoms with Crippen LogP contribution in [0.25, 0.3) is 10.8 Å². The zero-order chi connectivity index (χ0) is 12.9. The van der Waals surface area contributed by atoms with E-state index in [0.29, 0.717) is 17.9 Å². The van der Waals surface area contributed by atoms with Crippen molar-refractivity contribution in [2.75, 3.05) is 0 Å². The Morgan fingerprint density at radius 1 is 1.11 bits per heavy atom. The minimum Gasteiger partial charge on any atom is -0.507 e. The number of allylic oxidation sites excluding steroid dienone is 2. The molecule has 1 aliphatic rings. The molecule has 0 fully saturated rings. The third-order valence-corrected chi connectivity index (χ3v) is 3.75. The predicted octanol–water partition coefficient (Wildman–Crippen LogP) is 3.78. The van der Waals surface area contributed by atoms with Crippen molar-refractivity contribution in [3.63, 3.8) is 0 Å². The van der Waals surface area contributed by atoms with Gasteiger partial charge in [0.05, 0.1) is 0 Å². The molecule has 2 aromatic rings. The fraction of sp³-hybridized carbons (Fsp3) is 0.250. The molecule has 0 saturated carbocycles. The van der Waals surface area contributed by atoms with Gasteiger partial charge < -0.3 is 10.2 Å². The highest BCUT2D eigenvalue weighted by atomic mass is 16.3. The summed E-state index contributed by atoms with van der Waals surface area (Å²) < 4.78 is 0. The number of fused-ring (bicyclic) bond motifs is 2. The van der Waals surface area contributed by atoms with Crippen molar-refractivity contribution in [2.24, 2.45) is 0 Å². The molecule has 2 N–H and O–H groups in total. The number of benzene rings is 2. The Kier molecular flexibility index (Phi) is 2.34. The molecule has 3 rings (SSSR count). The van der Waals surface area contributed by atoms with E-state index in [-0.39, 0.29) is 5.92 Å². The summed E-state index contributed by atoms with van der Waals surface area (Å²) in [6.45, 7) is 4.02. The van der Waals surface area contributed by atoms with Gasteiger partial charge in [0.15, 0.2) is 0 Å². The number of phenols is 2. The molecule has 0 aromatic heterocycles. The molecule has 0 heterocycles. The van der Waals surface area contributed by atoms with E-state index in [2.05, 4.69) is 6.08 Å². The number of aromatic hydroxyl groups is 2. The lowest BCUT2D eigenvalue weighted by atomic mass is 9.85. The molecular formula is C16H16O2. The predicted molar refractivity (Wildman–Crippen MR) is 73.3 cm³/mol. The quantitative estimate of drug-likeness (QED) is 0.543. The van der Waals surface area contributed by atoms with E-state index in [1.807, 2.05) is 38.1 Å². The monoisotopic (exact) mass is 240 g/mol. The van der Waals surface area contributed by atoms with Gasteiger partial charge in [-0.1, -0.05) is 36.8 Å². The van der Waals surface area contributed by atoms with Gasteiger partial charge in [0, 0.05) is 27.8 Å². The third-order valence-electron chi connectivity index (χ3n) is 3.75. The average molecular weight is 240 g/mol. The van der Waals surface area contributed by atoms with Crippen LogP contribution in [0.3, 0.4) is 0 Å². The molecule has 92 valence electrons. The topological polar surface area (TPSA) is 40.5 Å². The summed E-state index contributed by atoms with van der Waals surface area (Å²) in [6, 6.07) is 5.76. The summed E-state index contributed by atoms with van der Waals surface area (Å²) in [4.78, 5) is 0. The van der Waals surface area contributed by atoms with Crippen LogP contribution < -0.4 is 0 Å². The molecule has 0 saturated heterocycles. The van der Waals surface area contributed by atoms with Crippen LogP contribution in [0.15, 0.2) is 30.4 Å². The fourth-order valence-electron chi connectivity index (χ4n) is 2.82. The van der Waals surface area contributed by atoms with Crippen LogP contribution in [-0.4, -0.2) is 10.2 Å². The first-order chi connectivity index (χ1) is 8.59. The molecule has 0 bridgehead atoms. The molecule has 0 aliphatic heterocycles. The van der Waals surface area contributed by atoms with Crippen LogP contribution in [-0.2, 0) is 6.42 Å². The van der Waals surface area contributed by atoms with Crippen molar-refractivity contribution >= 4 is 10.8 Å². The van der Waals surface area contributed by atoms with Gasteiger partial charge in [-0.25, -0.2) is 0 Å². The highest BCUT2D eigenvalue weighted by molar-refractivity contribution is 5.96. The molecule has 0 spiro atoms. The van der Waals surface area contributed by atoms with Gasteiger partial charge >= 0.3 is 0 Å². The van der Waals surface area contributed by atoms with E-state index >= 15 is 0 Å². The molecular weight excluding hydrogens is 224 g/mol. The van der Waals surface area contributed by atoms with Crippen LogP contribution in [0.4, 0.5) is 0 Å². The summed E-state index contributed by atoms with van der Waals surface area (Å²) in [5.74, 6) is 0.776. The van der Waals surface area contributed by atoms with E-state index in [0.717, 1.165) is 27.5 Å². The number of hydrogen-bond donors (Lipinski definition) is 2. The zero-order valence-electron chi connectivity index (χ0n) is 10.6. The second-order valence-corrected chi connectivity index (χ2v) is 5.06. The summed E-state index contributed by atoms with van der Waals surface area (Å²) in [6.07, 6.45) is 4.80. The average Bonchev–Trinajstić information content (AvgIpc) is 2.35. The molecule has 2 heteroatoms. The standard InChI is InChI=1S/C16H16O2/c1-9-6-7-11-13(8-9)15(17)12-5-3-4-10(2)14(12)16(11)18/h3-4,6-8,10,17-18H,5H2,1-2H3. The minimum atomic E-state index is 0.144. The Hall–Kier alpha value is -1.96. The molecule has 0 amide bonds. The number of hydrogen-bond acceptors (Lipinski definition) is 2. The Morgan fingerprint density at radius 2 is 1.89 bits per heavy atom. The molecule has 18 heavy (non-hydrogen) atoms. The van der Waals surface area contributed by atoms with Crippen molar-refractivity contribution in [3.05, 3.63) is 47.0 Å². The van der Waals surface area contributed by atoms with Gasteiger partial charge in [-0.3, -0.25) is 0 Å². The Balaban J connectivity index is 2.46. The Bertz CT molecular complexity index is 669. The molecule has 1 atom stereocenters. The molecule has 1 aliphatic carbocycles. The van der Waals surface area contributed by atoms with Gasteiger partial charge in [-0.2, -0.15) is 0 Å². The van der Waals surface area contributed by atoms with Crippen LogP contribution in [0.1, 0.15) is 29.5 Å². The zero-order valence-corrected chi connectivity index (χ0v) is 10.6. The first-order valence-electron chi connectivity index (χ1n) is 6.23. The second kappa shape index (κ2) is 3.77. The largest absolute Gasteiger partial charge is 0.507 e. The first-order valence-corrected chi connectivity index (χ1v) is 6.23. The van der Waals surface area contributed by atoms with Crippen molar-refractivity contribution < 1.29 is 10.2 Å². The number of rotatable bonds is 0. The minimum absolute atomic E-state index is 0.144. The highest BCUT2D eigenvalue weighted by Crippen LogP contribution is 2.45. The first kappa shape index (κ1) is 11.1. The van der Waals surface area contributed by atoms with E-state index in [4.69, 9.17) is 0 Å². The Labute approximate surface area is 106 Å². The van der Waals surface area contributed by atoms with E-state index in [1.165, 1.54) is 0 Å². The van der Waals surface area contributed by atoms with Gasteiger partial charge in [0.2, 0.25) is 0 Å². The van der Waals surface area contributed by atoms with Gasteiger partial charge in [-0.15, -0.1) is 0 Å². The summed E-state index contributed by atoms with van der Waals surface area (Å²) >= 11 is 0. The normalized spacial score (nSPS) is 18.0. The fourth-order valence-corrected chi connectivity index (χ4v) is 2.82. The number of aryl methyl sites for hydroxylation is 1. The Morgan fingerprint density at radius 3 is 2.67 bits per heavy atom. The maximum absolute atomic E-state index is 10.4. The van der Waals surface area contributed by atoms with Crippen molar-refractivity contribution in [1.82, 2.24) is 0 Å². The lowest BCUT2D eigenvalue weighted by Crippen LogP contribution is -2.03. The van der Waals surface area contributed by atoms with Gasteiger partial charge in [0.1, 0.15) is 11.5 Å². The molecule has 1 unspecified atom stereocenters. The van der Waals surface area contributed by atoms with Gasteiger partial charge in [-0.05, 0) is 19.4 Å². The van der Waals surface area contributed by atoms with E-state index in [9.17, 15) is 10.2 Å². The van der Waals surface area contributed by atoms with Crippen LogP contribution in [0, 0.1) is 6.92 Å². The van der Waals surface area contributed by atoms with E-state index < -0.39 is 0 Å². The lowest BCUT2D eigenvalue weighted by Gasteiger charge is -2.22. The molecule has 0 radical (unpaired) electrons. The number of phenolic OH excluding ortho intramolecular Hbond substituents is 2.